The first kappa shape index (κ1) is 15.4. The van der Waals surface area contributed by atoms with E-state index in [2.05, 4.69) is 4.72 Å². The molecule has 2 N–H and O–H groups in total. The molecule has 1 aliphatic heterocycles. The number of sulfonamides is 1. The van der Waals surface area contributed by atoms with Gasteiger partial charge in [-0.25, -0.2) is 21.6 Å². The predicted molar refractivity (Wildman–Crippen MR) is 82.7 cm³/mol. The molecule has 8 heteroatoms. The van der Waals surface area contributed by atoms with Gasteiger partial charge in [0.1, 0.15) is 0 Å². The molecule has 2 aromatic carbocycles. The van der Waals surface area contributed by atoms with Crippen molar-refractivity contribution < 1.29 is 21.9 Å². The van der Waals surface area contributed by atoms with Crippen LogP contribution in [0.2, 0.25) is 0 Å². The fraction of sp³-hybridized carbons (Fsp3) is 0.286. The van der Waals surface area contributed by atoms with Crippen molar-refractivity contribution in [2.24, 2.45) is 0 Å². The lowest BCUT2D eigenvalue weighted by molar-refractivity contribution is 0.176. The van der Waals surface area contributed by atoms with Crippen LogP contribution in [0.25, 0.3) is 10.8 Å². The van der Waals surface area contributed by atoms with Crippen LogP contribution in [0.3, 0.4) is 0 Å². The average Bonchev–Trinajstić information content (AvgIpc) is 2.70. The van der Waals surface area contributed by atoms with E-state index >= 15 is 0 Å². The Morgan fingerprint density at radius 1 is 1.05 bits per heavy atom. The SMILES string of the molecule is O=S1(=O)C[C@@H](O)[C@@H](NS(=O)(=O)c2ccc3ccccc3c2)C1. The molecule has 0 bridgehead atoms. The van der Waals surface area contributed by atoms with Gasteiger partial charge in [0.05, 0.1) is 28.5 Å². The molecule has 1 saturated heterocycles. The highest BCUT2D eigenvalue weighted by Crippen LogP contribution is 2.21. The first-order valence-electron chi connectivity index (χ1n) is 6.66. The van der Waals surface area contributed by atoms with Crippen molar-refractivity contribution in [2.75, 3.05) is 11.5 Å². The molecular weight excluding hydrogens is 326 g/mol. The molecule has 0 radical (unpaired) electrons. The molecule has 2 aromatic rings. The molecule has 0 unspecified atom stereocenters. The van der Waals surface area contributed by atoms with Gasteiger partial charge in [-0.1, -0.05) is 30.3 Å². The van der Waals surface area contributed by atoms with Crippen molar-refractivity contribution in [3.8, 4) is 0 Å². The van der Waals surface area contributed by atoms with Crippen molar-refractivity contribution in [1.82, 2.24) is 4.72 Å². The number of hydrogen-bond acceptors (Lipinski definition) is 5. The zero-order valence-electron chi connectivity index (χ0n) is 11.5. The first-order valence-corrected chi connectivity index (χ1v) is 9.97. The minimum atomic E-state index is -3.89. The van der Waals surface area contributed by atoms with Gasteiger partial charge in [0, 0.05) is 0 Å². The average molecular weight is 341 g/mol. The summed E-state index contributed by atoms with van der Waals surface area (Å²) in [5.74, 6) is -0.807. The second kappa shape index (κ2) is 5.31. The zero-order chi connectivity index (χ0) is 16.0. The highest BCUT2D eigenvalue weighted by Gasteiger charge is 2.38. The van der Waals surface area contributed by atoms with E-state index in [4.69, 9.17) is 0 Å². The maximum Gasteiger partial charge on any atom is 0.240 e. The van der Waals surface area contributed by atoms with E-state index in [-0.39, 0.29) is 10.6 Å². The number of hydrogen-bond donors (Lipinski definition) is 2. The summed E-state index contributed by atoms with van der Waals surface area (Å²) in [5, 5.41) is 11.4. The molecular formula is C14H15NO5S2. The van der Waals surface area contributed by atoms with Gasteiger partial charge >= 0.3 is 0 Å². The third-order valence-corrected chi connectivity index (χ3v) is 6.86. The third kappa shape index (κ3) is 3.00. The fourth-order valence-corrected chi connectivity index (χ4v) is 5.69. The zero-order valence-corrected chi connectivity index (χ0v) is 13.1. The Balaban J connectivity index is 1.92. The lowest BCUT2D eigenvalue weighted by Gasteiger charge is -2.15. The Bertz CT molecular complexity index is 921. The van der Waals surface area contributed by atoms with Crippen LogP contribution in [-0.4, -0.2) is 45.6 Å². The highest BCUT2D eigenvalue weighted by molar-refractivity contribution is 7.92. The lowest BCUT2D eigenvalue weighted by atomic mass is 10.1. The largest absolute Gasteiger partial charge is 0.390 e. The van der Waals surface area contributed by atoms with Crippen LogP contribution in [0.5, 0.6) is 0 Å². The Morgan fingerprint density at radius 3 is 2.36 bits per heavy atom. The van der Waals surface area contributed by atoms with Gasteiger partial charge in [0.2, 0.25) is 10.0 Å². The molecule has 2 atom stereocenters. The van der Waals surface area contributed by atoms with E-state index in [0.717, 1.165) is 10.8 Å². The summed E-state index contributed by atoms with van der Waals surface area (Å²) < 4.78 is 49.9. The van der Waals surface area contributed by atoms with Gasteiger partial charge in [-0.05, 0) is 22.9 Å². The molecule has 3 rings (SSSR count). The smallest absolute Gasteiger partial charge is 0.240 e. The monoisotopic (exact) mass is 341 g/mol. The molecule has 1 aliphatic rings. The van der Waals surface area contributed by atoms with Crippen LogP contribution in [-0.2, 0) is 19.9 Å². The number of fused-ring (bicyclic) bond motifs is 1. The van der Waals surface area contributed by atoms with E-state index in [1.165, 1.54) is 12.1 Å². The summed E-state index contributed by atoms with van der Waals surface area (Å²) >= 11 is 0. The fourth-order valence-electron chi connectivity index (χ4n) is 2.54. The maximum atomic E-state index is 12.4. The highest BCUT2D eigenvalue weighted by atomic mass is 32.2. The summed E-state index contributed by atoms with van der Waals surface area (Å²) in [5.41, 5.74) is 0. The normalized spacial score (nSPS) is 24.6. The molecule has 22 heavy (non-hydrogen) atoms. The number of benzene rings is 2. The number of nitrogens with one attached hydrogen (secondary N) is 1. The van der Waals surface area contributed by atoms with Crippen LogP contribution in [0.15, 0.2) is 47.4 Å². The van der Waals surface area contributed by atoms with E-state index in [1.807, 2.05) is 12.1 Å². The summed E-state index contributed by atoms with van der Waals surface area (Å²) in [7, 11) is -7.30. The van der Waals surface area contributed by atoms with Gasteiger partial charge < -0.3 is 5.11 Å². The van der Waals surface area contributed by atoms with Crippen molar-refractivity contribution in [1.29, 1.82) is 0 Å². The van der Waals surface area contributed by atoms with E-state index < -0.39 is 37.8 Å². The molecule has 0 saturated carbocycles. The quantitative estimate of drug-likeness (QED) is 0.835. The second-order valence-electron chi connectivity index (χ2n) is 5.38. The Kier molecular flexibility index (Phi) is 3.72. The molecule has 6 nitrogen and oxygen atoms in total. The molecule has 118 valence electrons. The van der Waals surface area contributed by atoms with Crippen LogP contribution in [0.4, 0.5) is 0 Å². The Hall–Kier alpha value is -1.48. The molecule has 0 amide bonds. The number of aliphatic hydroxyl groups is 1. The van der Waals surface area contributed by atoms with Gasteiger partial charge in [0.25, 0.3) is 0 Å². The molecule has 1 heterocycles. The van der Waals surface area contributed by atoms with E-state index in [0.29, 0.717) is 0 Å². The standard InChI is InChI=1S/C14H15NO5S2/c16-14-9-21(17,18)8-13(14)15-22(19,20)12-6-5-10-3-1-2-4-11(10)7-12/h1-7,13-16H,8-9H2/t13-,14+/m0/s1. The summed E-state index contributed by atoms with van der Waals surface area (Å²) in [6.45, 7) is 0. The van der Waals surface area contributed by atoms with Crippen molar-refractivity contribution >= 4 is 30.6 Å². The summed E-state index contributed by atoms with van der Waals surface area (Å²) in [4.78, 5) is 0.0442. The molecule has 0 aromatic heterocycles. The first-order chi connectivity index (χ1) is 10.3. The minimum Gasteiger partial charge on any atom is -0.390 e. The molecule has 0 spiro atoms. The topological polar surface area (TPSA) is 101 Å². The van der Waals surface area contributed by atoms with Gasteiger partial charge in [-0.2, -0.15) is 0 Å². The predicted octanol–water partition coefficient (Wildman–Crippen LogP) is 0.276. The lowest BCUT2D eigenvalue weighted by Crippen LogP contribution is -2.42. The van der Waals surface area contributed by atoms with Crippen molar-refractivity contribution in [3.63, 3.8) is 0 Å². The maximum absolute atomic E-state index is 12.4. The van der Waals surface area contributed by atoms with Crippen molar-refractivity contribution in [2.45, 2.75) is 17.0 Å². The van der Waals surface area contributed by atoms with Gasteiger partial charge in [0.15, 0.2) is 9.84 Å². The van der Waals surface area contributed by atoms with Gasteiger partial charge in [-0.3, -0.25) is 0 Å². The van der Waals surface area contributed by atoms with Crippen LogP contribution in [0.1, 0.15) is 0 Å². The van der Waals surface area contributed by atoms with E-state index in [1.54, 1.807) is 18.2 Å². The summed E-state index contributed by atoms with van der Waals surface area (Å²) in [6, 6.07) is 11.0. The second-order valence-corrected chi connectivity index (χ2v) is 9.25. The minimum absolute atomic E-state index is 0.0442. The molecule has 0 aliphatic carbocycles. The number of sulfone groups is 1. The van der Waals surface area contributed by atoms with Crippen LogP contribution >= 0.6 is 0 Å². The Morgan fingerprint density at radius 2 is 1.73 bits per heavy atom. The number of rotatable bonds is 3. The van der Waals surface area contributed by atoms with Crippen molar-refractivity contribution in [3.05, 3.63) is 42.5 Å². The van der Waals surface area contributed by atoms with Crippen LogP contribution in [0, 0.1) is 0 Å². The summed E-state index contributed by atoms with van der Waals surface area (Å²) in [6.07, 6.45) is -1.22. The molecule has 1 fully saturated rings. The Labute approximate surface area is 128 Å². The number of aliphatic hydroxyl groups excluding tert-OH is 1. The van der Waals surface area contributed by atoms with Crippen LogP contribution < -0.4 is 4.72 Å². The third-order valence-electron chi connectivity index (χ3n) is 3.66. The van der Waals surface area contributed by atoms with Gasteiger partial charge in [-0.15, -0.1) is 0 Å². The van der Waals surface area contributed by atoms with E-state index in [9.17, 15) is 21.9 Å².